The maximum Gasteiger partial charge on any atom is 0.0608 e. The molecule has 0 amide bonds. The van der Waals surface area contributed by atoms with Gasteiger partial charge in [0.2, 0.25) is 0 Å². The number of benzene rings is 1. The number of hydrogen-bond acceptors (Lipinski definition) is 2. The van der Waals surface area contributed by atoms with Crippen LogP contribution in [-0.2, 0) is 13.1 Å². The van der Waals surface area contributed by atoms with E-state index in [2.05, 4.69) is 29.0 Å². The van der Waals surface area contributed by atoms with Gasteiger partial charge in [-0.1, -0.05) is 18.2 Å². The van der Waals surface area contributed by atoms with Crippen LogP contribution < -0.4 is 5.73 Å². The molecule has 17 heavy (non-hydrogen) atoms. The van der Waals surface area contributed by atoms with Gasteiger partial charge in [0.25, 0.3) is 0 Å². The van der Waals surface area contributed by atoms with Crippen LogP contribution in [0.3, 0.4) is 0 Å². The number of fused-ring (bicyclic) bond motifs is 1. The second-order valence-electron chi connectivity index (χ2n) is 5.13. The summed E-state index contributed by atoms with van der Waals surface area (Å²) in [6, 6.07) is 8.28. The first-order valence-electron chi connectivity index (χ1n) is 6.00. The molecule has 3 heteroatoms. The molecule has 2 aromatic rings. The summed E-state index contributed by atoms with van der Waals surface area (Å²) in [5.74, 6) is 0. The summed E-state index contributed by atoms with van der Waals surface area (Å²) in [6.45, 7) is 5.03. The molecule has 0 saturated heterocycles. The second-order valence-corrected chi connectivity index (χ2v) is 5.13. The lowest BCUT2D eigenvalue weighted by atomic mass is 10.1. The van der Waals surface area contributed by atoms with E-state index in [0.717, 1.165) is 18.5 Å². The normalized spacial score (nSPS) is 12.2. The molecular formula is C14H20N2O. The third kappa shape index (κ3) is 2.68. The zero-order chi connectivity index (χ0) is 12.5. The van der Waals surface area contributed by atoms with E-state index in [4.69, 9.17) is 5.73 Å². The Morgan fingerprint density at radius 2 is 2.06 bits per heavy atom. The van der Waals surface area contributed by atoms with Crippen LogP contribution in [0.1, 0.15) is 25.8 Å². The van der Waals surface area contributed by atoms with Gasteiger partial charge in [0.05, 0.1) is 11.1 Å². The highest BCUT2D eigenvalue weighted by atomic mass is 16.3. The Bertz CT molecular complexity index is 508. The summed E-state index contributed by atoms with van der Waals surface area (Å²) in [7, 11) is 0. The average molecular weight is 232 g/mol. The van der Waals surface area contributed by atoms with Gasteiger partial charge in [-0.05, 0) is 37.3 Å². The summed E-state index contributed by atoms with van der Waals surface area (Å²) < 4.78 is 2.18. The van der Waals surface area contributed by atoms with Gasteiger partial charge in [0.1, 0.15) is 0 Å². The minimum Gasteiger partial charge on any atom is -0.390 e. The first kappa shape index (κ1) is 12.1. The Balaban J connectivity index is 2.34. The number of rotatable bonds is 4. The van der Waals surface area contributed by atoms with Crippen LogP contribution >= 0.6 is 0 Å². The summed E-state index contributed by atoms with van der Waals surface area (Å²) in [4.78, 5) is 0. The average Bonchev–Trinajstić information content (AvgIpc) is 2.68. The highest BCUT2D eigenvalue weighted by Gasteiger charge is 2.13. The predicted molar refractivity (Wildman–Crippen MR) is 70.7 cm³/mol. The van der Waals surface area contributed by atoms with Crippen LogP contribution in [0.25, 0.3) is 10.9 Å². The Morgan fingerprint density at radius 3 is 2.71 bits per heavy atom. The fourth-order valence-corrected chi connectivity index (χ4v) is 2.09. The van der Waals surface area contributed by atoms with E-state index in [0.29, 0.717) is 6.54 Å². The number of para-hydroxylation sites is 1. The van der Waals surface area contributed by atoms with Crippen molar-refractivity contribution in [3.05, 3.63) is 36.0 Å². The van der Waals surface area contributed by atoms with Gasteiger partial charge in [-0.3, -0.25) is 0 Å². The van der Waals surface area contributed by atoms with E-state index in [-0.39, 0.29) is 0 Å². The molecule has 0 saturated carbocycles. The maximum absolute atomic E-state index is 9.78. The minimum absolute atomic E-state index is 0.546. The van der Waals surface area contributed by atoms with Crippen LogP contribution in [0.4, 0.5) is 0 Å². The van der Waals surface area contributed by atoms with Crippen molar-refractivity contribution >= 4 is 10.9 Å². The highest BCUT2D eigenvalue weighted by Crippen LogP contribution is 2.21. The molecule has 0 aliphatic carbocycles. The van der Waals surface area contributed by atoms with Crippen LogP contribution in [0, 0.1) is 0 Å². The summed E-state index contributed by atoms with van der Waals surface area (Å²) >= 11 is 0. The van der Waals surface area contributed by atoms with Gasteiger partial charge in [0.15, 0.2) is 0 Å². The van der Waals surface area contributed by atoms with Gasteiger partial charge in [0, 0.05) is 19.3 Å². The third-order valence-corrected chi connectivity index (χ3v) is 3.06. The lowest BCUT2D eigenvalue weighted by Crippen LogP contribution is -2.21. The maximum atomic E-state index is 9.78. The van der Waals surface area contributed by atoms with E-state index in [9.17, 15) is 5.11 Å². The van der Waals surface area contributed by atoms with E-state index in [1.807, 2.05) is 19.9 Å². The molecule has 0 radical (unpaired) electrons. The Morgan fingerprint density at radius 1 is 1.29 bits per heavy atom. The molecule has 92 valence electrons. The molecule has 0 bridgehead atoms. The molecule has 1 aromatic heterocycles. The van der Waals surface area contributed by atoms with Crippen molar-refractivity contribution in [2.24, 2.45) is 5.73 Å². The molecule has 1 heterocycles. The first-order chi connectivity index (χ1) is 8.01. The van der Waals surface area contributed by atoms with Crippen molar-refractivity contribution < 1.29 is 5.11 Å². The van der Waals surface area contributed by atoms with Crippen LogP contribution in [0.15, 0.2) is 30.5 Å². The zero-order valence-electron chi connectivity index (χ0n) is 10.5. The quantitative estimate of drug-likeness (QED) is 0.849. The van der Waals surface area contributed by atoms with Crippen LogP contribution in [0.2, 0.25) is 0 Å². The standard InChI is InChI=1S/C14H20N2O/c1-14(2,17)7-9-16-8-6-11-4-3-5-12(10-15)13(11)16/h3-6,8,17H,7,9-10,15H2,1-2H3. The second kappa shape index (κ2) is 4.51. The molecule has 0 unspecified atom stereocenters. The highest BCUT2D eigenvalue weighted by molar-refractivity contribution is 5.83. The molecule has 0 spiro atoms. The lowest BCUT2D eigenvalue weighted by molar-refractivity contribution is 0.0666. The topological polar surface area (TPSA) is 51.2 Å². The van der Waals surface area contributed by atoms with Crippen molar-refractivity contribution in [1.82, 2.24) is 4.57 Å². The molecule has 0 fully saturated rings. The Labute approximate surface area is 102 Å². The van der Waals surface area contributed by atoms with Crippen molar-refractivity contribution in [3.8, 4) is 0 Å². The van der Waals surface area contributed by atoms with Crippen molar-refractivity contribution in [1.29, 1.82) is 0 Å². The van der Waals surface area contributed by atoms with E-state index in [1.165, 1.54) is 10.9 Å². The van der Waals surface area contributed by atoms with Crippen LogP contribution in [-0.4, -0.2) is 15.3 Å². The van der Waals surface area contributed by atoms with Gasteiger partial charge in [-0.15, -0.1) is 0 Å². The SMILES string of the molecule is CC(C)(O)CCn1ccc2cccc(CN)c21. The molecule has 2 rings (SSSR count). The molecule has 3 N–H and O–H groups in total. The number of aliphatic hydroxyl groups is 1. The monoisotopic (exact) mass is 232 g/mol. The molecule has 0 aliphatic rings. The number of nitrogens with two attached hydrogens (primary N) is 1. The lowest BCUT2D eigenvalue weighted by Gasteiger charge is -2.18. The minimum atomic E-state index is -0.631. The molecule has 0 aliphatic heterocycles. The molecule has 0 atom stereocenters. The smallest absolute Gasteiger partial charge is 0.0608 e. The Kier molecular flexibility index (Phi) is 3.22. The zero-order valence-corrected chi connectivity index (χ0v) is 10.5. The first-order valence-corrected chi connectivity index (χ1v) is 6.00. The van der Waals surface area contributed by atoms with Gasteiger partial charge < -0.3 is 15.4 Å². The number of nitrogens with zero attached hydrogens (tertiary/aromatic N) is 1. The molecule has 1 aromatic carbocycles. The fourth-order valence-electron chi connectivity index (χ4n) is 2.09. The summed E-state index contributed by atoms with van der Waals surface area (Å²) in [6.07, 6.45) is 2.80. The Hall–Kier alpha value is -1.32. The van der Waals surface area contributed by atoms with Crippen LogP contribution in [0.5, 0.6) is 0 Å². The van der Waals surface area contributed by atoms with Crippen molar-refractivity contribution in [3.63, 3.8) is 0 Å². The fraction of sp³-hybridized carbons (Fsp3) is 0.429. The number of aryl methyl sites for hydroxylation is 1. The van der Waals surface area contributed by atoms with Gasteiger partial charge in [-0.2, -0.15) is 0 Å². The third-order valence-electron chi connectivity index (χ3n) is 3.06. The molecular weight excluding hydrogens is 212 g/mol. The number of hydrogen-bond donors (Lipinski definition) is 2. The van der Waals surface area contributed by atoms with Gasteiger partial charge in [-0.25, -0.2) is 0 Å². The summed E-state index contributed by atoms with van der Waals surface area (Å²) in [5, 5.41) is 11.0. The van der Waals surface area contributed by atoms with Gasteiger partial charge >= 0.3 is 0 Å². The predicted octanol–water partition coefficient (Wildman–Crippen LogP) is 2.26. The molecule has 3 nitrogen and oxygen atoms in total. The largest absolute Gasteiger partial charge is 0.390 e. The number of aromatic nitrogens is 1. The summed E-state index contributed by atoms with van der Waals surface area (Å²) in [5.41, 5.74) is 7.48. The van der Waals surface area contributed by atoms with E-state index < -0.39 is 5.60 Å². The van der Waals surface area contributed by atoms with Crippen molar-refractivity contribution in [2.45, 2.75) is 39.0 Å². The van der Waals surface area contributed by atoms with Crippen molar-refractivity contribution in [2.75, 3.05) is 0 Å². The van der Waals surface area contributed by atoms with E-state index in [1.54, 1.807) is 0 Å². The van der Waals surface area contributed by atoms with E-state index >= 15 is 0 Å².